The van der Waals surface area contributed by atoms with E-state index < -0.39 is 6.10 Å². The quantitative estimate of drug-likeness (QED) is 0.0343. The predicted octanol–water partition coefficient (Wildman–Crippen LogP) is 22.3. The molecule has 0 saturated heterocycles. The maximum absolute atomic E-state index is 12.9. The van der Waals surface area contributed by atoms with Gasteiger partial charge in [0.05, 0.1) is 0 Å². The average molecular weight is 1020 g/mol. The van der Waals surface area contributed by atoms with Crippen molar-refractivity contribution in [2.24, 2.45) is 0 Å². The average Bonchev–Trinajstić information content (AvgIpc) is 3.38. The van der Waals surface area contributed by atoms with Gasteiger partial charge in [-0.15, -0.1) is 0 Å². The van der Waals surface area contributed by atoms with E-state index in [4.69, 9.17) is 14.2 Å². The highest BCUT2D eigenvalue weighted by Gasteiger charge is 2.19. The van der Waals surface area contributed by atoms with Crippen molar-refractivity contribution >= 4 is 17.9 Å². The molecule has 0 aliphatic rings. The molecule has 0 saturated carbocycles. The van der Waals surface area contributed by atoms with Crippen LogP contribution in [-0.2, 0) is 28.6 Å². The summed E-state index contributed by atoms with van der Waals surface area (Å²) in [7, 11) is 0. The Labute approximate surface area is 450 Å². The van der Waals surface area contributed by atoms with E-state index in [0.717, 1.165) is 57.8 Å². The molecule has 428 valence electrons. The first kappa shape index (κ1) is 70.4. The third kappa shape index (κ3) is 59.3. The molecule has 0 fully saturated rings. The molecule has 0 aromatic carbocycles. The predicted molar refractivity (Wildman–Crippen MR) is 312 cm³/mol. The normalized spacial score (nSPS) is 11.9. The number of hydrogen-bond acceptors (Lipinski definition) is 6. The summed E-state index contributed by atoms with van der Waals surface area (Å²) in [6.45, 7) is 6.73. The van der Waals surface area contributed by atoms with Gasteiger partial charge in [0, 0.05) is 19.3 Å². The monoisotopic (exact) mass is 1020 g/mol. The highest BCUT2D eigenvalue weighted by atomic mass is 16.6. The van der Waals surface area contributed by atoms with Gasteiger partial charge in [-0.25, -0.2) is 0 Å². The van der Waals surface area contributed by atoms with E-state index in [1.807, 2.05) is 0 Å². The van der Waals surface area contributed by atoms with Crippen molar-refractivity contribution in [3.05, 3.63) is 0 Å². The molecule has 0 bridgehead atoms. The number of carbonyl (C=O) groups is 3. The third-order valence-corrected chi connectivity index (χ3v) is 15.4. The van der Waals surface area contributed by atoms with Crippen LogP contribution in [0, 0.1) is 0 Å². The van der Waals surface area contributed by atoms with Crippen molar-refractivity contribution in [2.45, 2.75) is 393 Å². The van der Waals surface area contributed by atoms with Crippen LogP contribution < -0.4 is 0 Å². The minimum atomic E-state index is -0.762. The fraction of sp³-hybridized carbons (Fsp3) is 0.955. The number of carbonyl (C=O) groups excluding carboxylic acids is 3. The smallest absolute Gasteiger partial charge is 0.306 e. The Morgan fingerprint density at radius 2 is 0.375 bits per heavy atom. The van der Waals surface area contributed by atoms with Crippen molar-refractivity contribution in [2.75, 3.05) is 13.2 Å². The summed E-state index contributed by atoms with van der Waals surface area (Å²) in [6.07, 6.45) is 71.2. The molecule has 0 radical (unpaired) electrons. The van der Waals surface area contributed by atoms with Crippen LogP contribution >= 0.6 is 0 Å². The van der Waals surface area contributed by atoms with E-state index in [1.165, 1.54) is 289 Å². The van der Waals surface area contributed by atoms with E-state index in [-0.39, 0.29) is 31.1 Å². The standard InChI is InChI=1S/C66H128O6/c1-4-7-10-13-16-19-22-25-27-29-31-33-34-36-37-39-41-44-47-50-53-56-59-65(68)71-62-63(61-70-64(67)58-55-52-49-46-43-24-21-18-15-12-9-6-3)72-66(69)60-57-54-51-48-45-42-40-38-35-32-30-28-26-23-20-17-14-11-8-5-2/h63H,4-62H2,1-3H3. The van der Waals surface area contributed by atoms with Crippen LogP contribution in [0.3, 0.4) is 0 Å². The topological polar surface area (TPSA) is 78.9 Å². The van der Waals surface area contributed by atoms with Gasteiger partial charge in [-0.05, 0) is 19.3 Å². The van der Waals surface area contributed by atoms with Crippen LogP contribution in [0.4, 0.5) is 0 Å². The second-order valence-electron chi connectivity index (χ2n) is 22.8. The lowest BCUT2D eigenvalue weighted by Gasteiger charge is -2.18. The summed E-state index contributed by atoms with van der Waals surface area (Å²) >= 11 is 0. The lowest BCUT2D eigenvalue weighted by Crippen LogP contribution is -2.30. The largest absolute Gasteiger partial charge is 0.462 e. The second kappa shape index (κ2) is 62.0. The SMILES string of the molecule is CCCCCCCCCCCCCCCCCCCCCCCCC(=O)OCC(COC(=O)CCCCCCCCCCCCCC)OC(=O)CCCCCCCCCCCCCCCCCCCCCC. The van der Waals surface area contributed by atoms with E-state index in [2.05, 4.69) is 20.8 Å². The van der Waals surface area contributed by atoms with Crippen LogP contribution in [0.5, 0.6) is 0 Å². The van der Waals surface area contributed by atoms with Gasteiger partial charge in [-0.2, -0.15) is 0 Å². The molecule has 1 atom stereocenters. The first-order valence-electron chi connectivity index (χ1n) is 33.0. The summed E-state index contributed by atoms with van der Waals surface area (Å²) in [5.41, 5.74) is 0. The van der Waals surface area contributed by atoms with Gasteiger partial charge in [0.25, 0.3) is 0 Å². The van der Waals surface area contributed by atoms with Crippen molar-refractivity contribution in [3.63, 3.8) is 0 Å². The van der Waals surface area contributed by atoms with Crippen LogP contribution in [0.2, 0.25) is 0 Å². The fourth-order valence-corrected chi connectivity index (χ4v) is 10.4. The van der Waals surface area contributed by atoms with Crippen LogP contribution in [0.1, 0.15) is 387 Å². The Hall–Kier alpha value is -1.59. The molecule has 0 heterocycles. The Morgan fingerprint density at radius 3 is 0.556 bits per heavy atom. The van der Waals surface area contributed by atoms with Gasteiger partial charge in [0.2, 0.25) is 0 Å². The second-order valence-corrected chi connectivity index (χ2v) is 22.8. The highest BCUT2D eigenvalue weighted by molar-refractivity contribution is 5.71. The molecule has 0 spiro atoms. The Bertz CT molecular complexity index is 1080. The third-order valence-electron chi connectivity index (χ3n) is 15.4. The molecule has 6 heteroatoms. The van der Waals surface area contributed by atoms with Crippen molar-refractivity contribution in [1.29, 1.82) is 0 Å². The minimum absolute atomic E-state index is 0.0605. The highest BCUT2D eigenvalue weighted by Crippen LogP contribution is 2.19. The van der Waals surface area contributed by atoms with Crippen molar-refractivity contribution < 1.29 is 28.6 Å². The van der Waals surface area contributed by atoms with Gasteiger partial charge >= 0.3 is 17.9 Å². The summed E-state index contributed by atoms with van der Waals surface area (Å²) in [5.74, 6) is -0.825. The van der Waals surface area contributed by atoms with Crippen molar-refractivity contribution in [3.8, 4) is 0 Å². The van der Waals surface area contributed by atoms with E-state index in [1.54, 1.807) is 0 Å². The number of esters is 3. The molecule has 72 heavy (non-hydrogen) atoms. The van der Waals surface area contributed by atoms with Crippen LogP contribution in [0.15, 0.2) is 0 Å². The molecule has 0 amide bonds. The molecule has 1 unspecified atom stereocenters. The summed E-state index contributed by atoms with van der Waals surface area (Å²) in [5, 5.41) is 0. The zero-order valence-corrected chi connectivity index (χ0v) is 49.2. The maximum Gasteiger partial charge on any atom is 0.306 e. The number of hydrogen-bond donors (Lipinski definition) is 0. The number of rotatable bonds is 62. The molecule has 0 aromatic heterocycles. The Balaban J connectivity index is 4.20. The molecule has 0 aromatic rings. The van der Waals surface area contributed by atoms with E-state index >= 15 is 0 Å². The van der Waals surface area contributed by atoms with Crippen LogP contribution in [0.25, 0.3) is 0 Å². The molecular formula is C66H128O6. The van der Waals surface area contributed by atoms with Gasteiger partial charge in [-0.3, -0.25) is 14.4 Å². The lowest BCUT2D eigenvalue weighted by atomic mass is 10.0. The van der Waals surface area contributed by atoms with Gasteiger partial charge < -0.3 is 14.2 Å². The minimum Gasteiger partial charge on any atom is -0.462 e. The first-order chi connectivity index (χ1) is 35.5. The zero-order valence-electron chi connectivity index (χ0n) is 49.2. The van der Waals surface area contributed by atoms with Gasteiger partial charge in [-0.1, -0.05) is 348 Å². The van der Waals surface area contributed by atoms with Crippen LogP contribution in [-0.4, -0.2) is 37.2 Å². The van der Waals surface area contributed by atoms with Gasteiger partial charge in [0.15, 0.2) is 6.10 Å². The summed E-state index contributed by atoms with van der Waals surface area (Å²) < 4.78 is 17.0. The number of ether oxygens (including phenoxy) is 3. The molecule has 0 aliphatic heterocycles. The number of unbranched alkanes of at least 4 members (excludes halogenated alkanes) is 51. The summed E-state index contributed by atoms with van der Waals surface area (Å²) in [6, 6.07) is 0. The molecule has 0 rings (SSSR count). The zero-order chi connectivity index (χ0) is 52.2. The Kier molecular flexibility index (Phi) is 60.6. The molecular weight excluding hydrogens is 889 g/mol. The molecule has 6 nitrogen and oxygen atoms in total. The summed E-state index contributed by atoms with van der Waals surface area (Å²) in [4.78, 5) is 38.3. The molecule has 0 aliphatic carbocycles. The maximum atomic E-state index is 12.9. The molecule has 0 N–H and O–H groups in total. The first-order valence-corrected chi connectivity index (χ1v) is 33.0. The van der Waals surface area contributed by atoms with Crippen molar-refractivity contribution in [1.82, 2.24) is 0 Å². The lowest BCUT2D eigenvalue weighted by molar-refractivity contribution is -0.167. The Morgan fingerprint density at radius 1 is 0.222 bits per heavy atom. The van der Waals surface area contributed by atoms with E-state index in [0.29, 0.717) is 19.3 Å². The van der Waals surface area contributed by atoms with E-state index in [9.17, 15) is 14.4 Å². The fourth-order valence-electron chi connectivity index (χ4n) is 10.4. The van der Waals surface area contributed by atoms with Gasteiger partial charge in [0.1, 0.15) is 13.2 Å².